The van der Waals surface area contributed by atoms with Crippen LogP contribution >= 0.6 is 0 Å². The van der Waals surface area contributed by atoms with E-state index in [9.17, 15) is 9.18 Å². The van der Waals surface area contributed by atoms with Gasteiger partial charge >= 0.3 is 0 Å². The van der Waals surface area contributed by atoms with Gasteiger partial charge in [-0.2, -0.15) is 9.37 Å². The van der Waals surface area contributed by atoms with Crippen LogP contribution in [0.15, 0.2) is 24.5 Å². The van der Waals surface area contributed by atoms with E-state index in [-0.39, 0.29) is 5.91 Å². The topological polar surface area (TPSA) is 112 Å². The molecule has 1 aliphatic carbocycles. The van der Waals surface area contributed by atoms with E-state index in [0.717, 1.165) is 48.5 Å². The molecule has 5 rings (SSSR count). The monoisotopic (exact) mass is 450 g/mol. The number of anilines is 4. The van der Waals surface area contributed by atoms with Crippen LogP contribution < -0.4 is 15.5 Å². The minimum Gasteiger partial charge on any atom is -0.329 e. The summed E-state index contributed by atoms with van der Waals surface area (Å²) in [6.07, 6.45) is 7.53. The van der Waals surface area contributed by atoms with Gasteiger partial charge in [-0.3, -0.25) is 4.79 Å². The lowest BCUT2D eigenvalue weighted by Gasteiger charge is -2.25. The zero-order valence-electron chi connectivity index (χ0n) is 18.7. The van der Waals surface area contributed by atoms with E-state index in [1.165, 1.54) is 18.3 Å². The molecule has 9 nitrogen and oxygen atoms in total. The Balaban J connectivity index is 1.40. The van der Waals surface area contributed by atoms with Crippen molar-refractivity contribution >= 4 is 29.3 Å². The van der Waals surface area contributed by atoms with E-state index in [2.05, 4.69) is 39.4 Å². The van der Waals surface area contributed by atoms with E-state index in [1.807, 2.05) is 11.1 Å². The summed E-state index contributed by atoms with van der Waals surface area (Å²) in [6.45, 7) is 4.91. The summed E-state index contributed by atoms with van der Waals surface area (Å²) in [6, 6.07) is 2.32. The molecule has 10 heteroatoms. The van der Waals surface area contributed by atoms with E-state index in [4.69, 9.17) is 9.97 Å². The summed E-state index contributed by atoms with van der Waals surface area (Å²) in [5.74, 6) is 1.53. The van der Waals surface area contributed by atoms with E-state index < -0.39 is 12.0 Å². The standard InChI is InChI=1S/C23H27FN8O/c1-13(2)17-12-26-22(28-17)30-20-15-5-3-6-16(15)29-23(31-20)32-10-4-7-18(32)21(33)27-14-8-9-19(24)25-11-14/h8-9,11-13,18H,3-7,10H2,1-2H3,(H,27,33)(H2,26,28,29,30,31). The molecule has 0 saturated carbocycles. The Kier molecular flexibility index (Phi) is 5.65. The fourth-order valence-corrected chi connectivity index (χ4v) is 4.41. The predicted octanol–water partition coefficient (Wildman–Crippen LogP) is 3.70. The number of imidazole rings is 1. The highest BCUT2D eigenvalue weighted by atomic mass is 19.1. The Morgan fingerprint density at radius 3 is 2.82 bits per heavy atom. The first kappa shape index (κ1) is 21.3. The van der Waals surface area contributed by atoms with Crippen molar-refractivity contribution in [3.05, 3.63) is 47.4 Å². The van der Waals surface area contributed by atoms with Crippen LogP contribution in [-0.2, 0) is 17.6 Å². The van der Waals surface area contributed by atoms with E-state index in [1.54, 1.807) is 0 Å². The molecule has 4 heterocycles. The molecule has 0 spiro atoms. The number of rotatable bonds is 6. The molecule has 1 atom stereocenters. The number of aromatic nitrogens is 5. The largest absolute Gasteiger partial charge is 0.329 e. The average molecular weight is 451 g/mol. The van der Waals surface area contributed by atoms with Crippen molar-refractivity contribution in [1.29, 1.82) is 0 Å². The number of aromatic amines is 1. The molecule has 1 aliphatic heterocycles. The van der Waals surface area contributed by atoms with E-state index >= 15 is 0 Å². The lowest BCUT2D eigenvalue weighted by Crippen LogP contribution is -2.40. The fraction of sp³-hybridized carbons (Fsp3) is 0.435. The van der Waals surface area contributed by atoms with Crippen LogP contribution in [-0.4, -0.2) is 43.4 Å². The molecule has 3 aromatic heterocycles. The molecule has 2 aliphatic rings. The number of nitrogens with zero attached hydrogens (tertiary/aromatic N) is 5. The third-order valence-electron chi connectivity index (χ3n) is 6.18. The Morgan fingerprint density at radius 1 is 1.18 bits per heavy atom. The average Bonchev–Trinajstić information content (AvgIpc) is 3.55. The predicted molar refractivity (Wildman–Crippen MR) is 123 cm³/mol. The molecule has 1 amide bonds. The smallest absolute Gasteiger partial charge is 0.247 e. The molecule has 0 aromatic carbocycles. The van der Waals surface area contributed by atoms with Gasteiger partial charge in [-0.25, -0.2) is 15.0 Å². The summed E-state index contributed by atoms with van der Waals surface area (Å²) in [5.41, 5.74) is 3.64. The lowest BCUT2D eigenvalue weighted by molar-refractivity contribution is -0.117. The zero-order chi connectivity index (χ0) is 22.9. The van der Waals surface area contributed by atoms with Gasteiger partial charge in [0.15, 0.2) is 0 Å². The van der Waals surface area contributed by atoms with Crippen molar-refractivity contribution in [3.63, 3.8) is 0 Å². The van der Waals surface area contributed by atoms with Crippen LogP contribution in [0.2, 0.25) is 0 Å². The first-order valence-corrected chi connectivity index (χ1v) is 11.4. The molecule has 3 aromatic rings. The molecule has 0 bridgehead atoms. The number of halogens is 1. The van der Waals surface area contributed by atoms with Gasteiger partial charge in [0.05, 0.1) is 23.8 Å². The van der Waals surface area contributed by atoms with Gasteiger partial charge < -0.3 is 20.5 Å². The van der Waals surface area contributed by atoms with Crippen molar-refractivity contribution in [1.82, 2.24) is 24.9 Å². The quantitative estimate of drug-likeness (QED) is 0.491. The highest BCUT2D eigenvalue weighted by Crippen LogP contribution is 2.32. The minimum absolute atomic E-state index is 0.174. The molecule has 172 valence electrons. The molecule has 1 fully saturated rings. The number of carbonyl (C=O) groups is 1. The van der Waals surface area contributed by atoms with Crippen LogP contribution in [0.5, 0.6) is 0 Å². The zero-order valence-corrected chi connectivity index (χ0v) is 18.7. The Labute approximate surface area is 191 Å². The highest BCUT2D eigenvalue weighted by molar-refractivity contribution is 5.96. The first-order valence-electron chi connectivity index (χ1n) is 11.4. The lowest BCUT2D eigenvalue weighted by atomic mass is 10.2. The van der Waals surface area contributed by atoms with Gasteiger partial charge in [-0.1, -0.05) is 13.8 Å². The third kappa shape index (κ3) is 4.37. The fourth-order valence-electron chi connectivity index (χ4n) is 4.41. The number of nitrogens with one attached hydrogen (secondary N) is 3. The normalized spacial score (nSPS) is 17.5. The maximum absolute atomic E-state index is 13.1. The number of carbonyl (C=O) groups excluding carboxylic acids is 1. The Hall–Kier alpha value is -3.56. The molecule has 1 saturated heterocycles. The van der Waals surface area contributed by atoms with Crippen molar-refractivity contribution in [2.24, 2.45) is 0 Å². The number of H-pyrrole nitrogens is 1. The number of hydrogen-bond acceptors (Lipinski definition) is 7. The van der Waals surface area contributed by atoms with Crippen molar-refractivity contribution < 1.29 is 9.18 Å². The van der Waals surface area contributed by atoms with Gasteiger partial charge in [0.25, 0.3) is 0 Å². The van der Waals surface area contributed by atoms with Crippen molar-refractivity contribution in [2.75, 3.05) is 22.1 Å². The molecule has 1 unspecified atom stereocenters. The number of aryl methyl sites for hydroxylation is 1. The minimum atomic E-state index is -0.584. The summed E-state index contributed by atoms with van der Waals surface area (Å²) in [7, 11) is 0. The Morgan fingerprint density at radius 2 is 2.06 bits per heavy atom. The third-order valence-corrected chi connectivity index (χ3v) is 6.18. The van der Waals surface area contributed by atoms with Crippen LogP contribution in [0.25, 0.3) is 0 Å². The summed E-state index contributed by atoms with van der Waals surface area (Å²) >= 11 is 0. The summed E-state index contributed by atoms with van der Waals surface area (Å²) in [5, 5.41) is 6.18. The Bertz CT molecular complexity index is 1160. The number of hydrogen-bond donors (Lipinski definition) is 3. The first-order chi connectivity index (χ1) is 16.0. The second-order valence-electron chi connectivity index (χ2n) is 8.83. The van der Waals surface area contributed by atoms with Gasteiger partial charge in [-0.15, -0.1) is 0 Å². The SMILES string of the molecule is CC(C)c1cnc(Nc2nc(N3CCCC3C(=O)Nc3ccc(F)nc3)nc3c2CCC3)[nH]1. The molecular formula is C23H27FN8O. The van der Waals surface area contributed by atoms with Crippen molar-refractivity contribution in [3.8, 4) is 0 Å². The van der Waals surface area contributed by atoms with Gasteiger partial charge in [0.1, 0.15) is 11.9 Å². The van der Waals surface area contributed by atoms with Gasteiger partial charge in [0, 0.05) is 17.8 Å². The second kappa shape index (κ2) is 8.76. The maximum Gasteiger partial charge on any atom is 0.247 e. The van der Waals surface area contributed by atoms with Crippen LogP contribution in [0.3, 0.4) is 0 Å². The summed E-state index contributed by atoms with van der Waals surface area (Å²) in [4.78, 5) is 36.0. The molecule has 3 N–H and O–H groups in total. The van der Waals surface area contributed by atoms with Crippen molar-refractivity contribution in [2.45, 2.75) is 57.9 Å². The summed E-state index contributed by atoms with van der Waals surface area (Å²) < 4.78 is 13.1. The number of amides is 1. The molecular weight excluding hydrogens is 423 g/mol. The van der Waals surface area contributed by atoms with Crippen LogP contribution in [0.1, 0.15) is 56.0 Å². The number of fused-ring (bicyclic) bond motifs is 1. The van der Waals surface area contributed by atoms with Crippen LogP contribution in [0, 0.1) is 5.95 Å². The van der Waals surface area contributed by atoms with E-state index in [0.29, 0.717) is 36.5 Å². The van der Waals surface area contributed by atoms with Crippen LogP contribution in [0.4, 0.5) is 27.8 Å². The molecule has 33 heavy (non-hydrogen) atoms. The number of pyridine rings is 1. The maximum atomic E-state index is 13.1. The highest BCUT2D eigenvalue weighted by Gasteiger charge is 2.34. The van der Waals surface area contributed by atoms with Gasteiger partial charge in [-0.05, 0) is 50.2 Å². The molecule has 0 radical (unpaired) electrons. The second-order valence-corrected chi connectivity index (χ2v) is 8.83. The van der Waals surface area contributed by atoms with Gasteiger partial charge in [0.2, 0.25) is 23.8 Å².